The van der Waals surface area contributed by atoms with Crippen molar-refractivity contribution in [2.45, 2.75) is 24.7 Å². The van der Waals surface area contributed by atoms with Crippen molar-refractivity contribution in [2.24, 2.45) is 0 Å². The first-order valence-corrected chi connectivity index (χ1v) is 22.6. The predicted octanol–water partition coefficient (Wildman–Crippen LogP) is 14.8. The maximum atomic E-state index is 6.71. The third-order valence-electron chi connectivity index (χ3n) is 14.0. The number of aromatic nitrogens is 4. The lowest BCUT2D eigenvalue weighted by atomic mass is 9.53. The first kappa shape index (κ1) is 38.1. The van der Waals surface area contributed by atoms with Crippen molar-refractivity contribution in [3.63, 3.8) is 0 Å². The topological polar surface area (TPSA) is 52.8 Å². The average Bonchev–Trinajstić information content (AvgIpc) is 3.72. The first-order valence-electron chi connectivity index (χ1n) is 22.6. The van der Waals surface area contributed by atoms with Gasteiger partial charge in [-0.1, -0.05) is 184 Å². The molecule has 13 rings (SSSR count). The molecule has 312 valence electrons. The molecule has 0 saturated heterocycles. The molecule has 5 nitrogen and oxygen atoms in total. The quantitative estimate of drug-likeness (QED) is 0.173. The summed E-state index contributed by atoms with van der Waals surface area (Å²) in [5.41, 5.74) is 14.7. The molecule has 2 aliphatic rings. The van der Waals surface area contributed by atoms with Gasteiger partial charge in [0.05, 0.1) is 16.4 Å². The standard InChI is InChI=1S/C61H42N4O/c1-60(2)47-26-10-11-27-48(47)61(49-28-12-16-33-54(49)66-55-34-17-13-29-50(55)61)51-30-18-25-45(56(51)60)42-21-6-7-24-46(42)59-63-57(39-19-4-3-5-20-39)62-58(64-59)40-35-37-41(38-36-40)65-52-31-14-8-22-43(52)44-23-9-15-32-53(44)65/h3-38H,1-2H3. The van der Waals surface area contributed by atoms with Gasteiger partial charge in [0.15, 0.2) is 17.5 Å². The van der Waals surface area contributed by atoms with E-state index in [9.17, 15) is 0 Å². The minimum Gasteiger partial charge on any atom is -0.457 e. The molecular formula is C61H42N4O. The Morgan fingerprint density at radius 3 is 1.48 bits per heavy atom. The molecule has 1 aliphatic carbocycles. The largest absolute Gasteiger partial charge is 0.457 e. The number of benzene rings is 9. The predicted molar refractivity (Wildman–Crippen MR) is 266 cm³/mol. The van der Waals surface area contributed by atoms with Gasteiger partial charge in [-0.05, 0) is 81.9 Å². The highest BCUT2D eigenvalue weighted by Gasteiger charge is 2.53. The molecule has 5 heteroatoms. The van der Waals surface area contributed by atoms with Crippen LogP contribution in [0, 0.1) is 0 Å². The van der Waals surface area contributed by atoms with Gasteiger partial charge in [-0.2, -0.15) is 0 Å². The zero-order valence-corrected chi connectivity index (χ0v) is 36.5. The summed E-state index contributed by atoms with van der Waals surface area (Å²) in [6, 6.07) is 77.6. The maximum Gasteiger partial charge on any atom is 0.164 e. The monoisotopic (exact) mass is 846 g/mol. The molecule has 3 heterocycles. The van der Waals surface area contributed by atoms with E-state index in [4.69, 9.17) is 19.7 Å². The van der Waals surface area contributed by atoms with Gasteiger partial charge in [0.1, 0.15) is 11.5 Å². The minimum absolute atomic E-state index is 0.388. The molecule has 66 heavy (non-hydrogen) atoms. The van der Waals surface area contributed by atoms with Crippen molar-refractivity contribution >= 4 is 21.8 Å². The lowest BCUT2D eigenvalue weighted by molar-refractivity contribution is 0.425. The Hall–Kier alpha value is -8.41. The maximum absolute atomic E-state index is 6.71. The fourth-order valence-corrected chi connectivity index (χ4v) is 11.2. The van der Waals surface area contributed by atoms with E-state index < -0.39 is 5.41 Å². The van der Waals surface area contributed by atoms with Crippen molar-refractivity contribution in [1.29, 1.82) is 0 Å². The van der Waals surface area contributed by atoms with E-state index >= 15 is 0 Å². The Morgan fingerprint density at radius 2 is 0.833 bits per heavy atom. The molecule has 2 aromatic heterocycles. The van der Waals surface area contributed by atoms with E-state index in [0.29, 0.717) is 17.5 Å². The molecule has 0 atom stereocenters. The van der Waals surface area contributed by atoms with Crippen molar-refractivity contribution in [3.05, 3.63) is 252 Å². The van der Waals surface area contributed by atoms with Gasteiger partial charge in [0.25, 0.3) is 0 Å². The van der Waals surface area contributed by atoms with Crippen LogP contribution in [0.2, 0.25) is 0 Å². The molecule has 0 unspecified atom stereocenters. The van der Waals surface area contributed by atoms with Crippen LogP contribution in [0.15, 0.2) is 218 Å². The van der Waals surface area contributed by atoms with Gasteiger partial charge < -0.3 is 9.30 Å². The number of hydrogen-bond acceptors (Lipinski definition) is 4. The SMILES string of the molecule is CC1(C)c2ccccc2C2(c3ccccc3Oc3ccccc32)c2cccc(-c3ccccc3-c3nc(-c4ccccc4)nc(-c4ccc(-n5c6ccccc6c6ccccc65)cc4)n3)c21. The van der Waals surface area contributed by atoms with Gasteiger partial charge in [0.2, 0.25) is 0 Å². The summed E-state index contributed by atoms with van der Waals surface area (Å²) in [7, 11) is 0. The van der Waals surface area contributed by atoms with Gasteiger partial charge in [0, 0.05) is 49.7 Å². The third kappa shape index (κ3) is 5.50. The average molecular weight is 847 g/mol. The highest BCUT2D eigenvalue weighted by Crippen LogP contribution is 2.62. The zero-order valence-electron chi connectivity index (χ0n) is 36.5. The Labute approximate surface area is 383 Å². The second-order valence-corrected chi connectivity index (χ2v) is 17.9. The van der Waals surface area contributed by atoms with Gasteiger partial charge >= 0.3 is 0 Å². The summed E-state index contributed by atoms with van der Waals surface area (Å²) in [6.45, 7) is 4.75. The smallest absolute Gasteiger partial charge is 0.164 e. The molecular weight excluding hydrogens is 805 g/mol. The molecule has 9 aromatic carbocycles. The molecule has 0 N–H and O–H groups in total. The summed E-state index contributed by atoms with van der Waals surface area (Å²) in [6.07, 6.45) is 0. The third-order valence-corrected chi connectivity index (χ3v) is 14.0. The van der Waals surface area contributed by atoms with Crippen molar-refractivity contribution in [2.75, 3.05) is 0 Å². The van der Waals surface area contributed by atoms with Crippen LogP contribution in [0.25, 0.3) is 72.8 Å². The van der Waals surface area contributed by atoms with Crippen molar-refractivity contribution in [1.82, 2.24) is 19.5 Å². The van der Waals surface area contributed by atoms with Crippen molar-refractivity contribution in [3.8, 4) is 62.5 Å². The second kappa shape index (κ2) is 14.6. The number of nitrogens with zero attached hydrogens (tertiary/aromatic N) is 4. The highest BCUT2D eigenvalue weighted by atomic mass is 16.5. The summed E-state index contributed by atoms with van der Waals surface area (Å²) in [4.78, 5) is 15.8. The Morgan fingerprint density at radius 1 is 0.364 bits per heavy atom. The Bertz CT molecular complexity index is 3620. The Balaban J connectivity index is 1.02. The number of para-hydroxylation sites is 4. The molecule has 1 spiro atoms. The molecule has 1 aliphatic heterocycles. The van der Waals surface area contributed by atoms with Crippen LogP contribution in [-0.2, 0) is 10.8 Å². The molecule has 0 bridgehead atoms. The highest BCUT2D eigenvalue weighted by molar-refractivity contribution is 6.09. The molecule has 11 aromatic rings. The minimum atomic E-state index is -0.635. The summed E-state index contributed by atoms with van der Waals surface area (Å²) >= 11 is 0. The zero-order chi connectivity index (χ0) is 44.0. The van der Waals surface area contributed by atoms with Crippen LogP contribution in [-0.4, -0.2) is 19.5 Å². The van der Waals surface area contributed by atoms with E-state index in [1.54, 1.807) is 0 Å². The summed E-state index contributed by atoms with van der Waals surface area (Å²) < 4.78 is 9.04. The number of hydrogen-bond donors (Lipinski definition) is 0. The molecule has 0 fully saturated rings. The number of fused-ring (bicyclic) bond motifs is 11. The van der Waals surface area contributed by atoms with Crippen LogP contribution in [0.5, 0.6) is 11.5 Å². The fraction of sp³-hybridized carbons (Fsp3) is 0.0656. The van der Waals surface area contributed by atoms with Crippen LogP contribution in [0.3, 0.4) is 0 Å². The lowest BCUT2D eigenvalue weighted by Gasteiger charge is -2.50. The van der Waals surface area contributed by atoms with Crippen LogP contribution < -0.4 is 4.74 Å². The fourth-order valence-electron chi connectivity index (χ4n) is 11.2. The number of ether oxygens (including phenoxy) is 1. The van der Waals surface area contributed by atoms with Crippen LogP contribution >= 0.6 is 0 Å². The lowest BCUT2D eigenvalue weighted by Crippen LogP contribution is -2.43. The molecule has 0 radical (unpaired) electrons. The second-order valence-electron chi connectivity index (χ2n) is 17.9. The molecule has 0 amide bonds. The first-order chi connectivity index (χ1) is 32.5. The Kier molecular flexibility index (Phi) is 8.40. The molecule has 0 saturated carbocycles. The van der Waals surface area contributed by atoms with E-state index in [-0.39, 0.29) is 5.41 Å². The van der Waals surface area contributed by atoms with Gasteiger partial charge in [-0.3, -0.25) is 0 Å². The van der Waals surface area contributed by atoms with Gasteiger partial charge in [-0.25, -0.2) is 15.0 Å². The van der Waals surface area contributed by atoms with Gasteiger partial charge in [-0.15, -0.1) is 0 Å². The van der Waals surface area contributed by atoms with Crippen molar-refractivity contribution < 1.29 is 4.74 Å². The van der Waals surface area contributed by atoms with E-state index in [1.807, 2.05) is 18.2 Å². The number of rotatable bonds is 5. The normalized spacial score (nSPS) is 14.0. The van der Waals surface area contributed by atoms with E-state index in [0.717, 1.165) is 56.1 Å². The van der Waals surface area contributed by atoms with E-state index in [1.165, 1.54) is 44.1 Å². The summed E-state index contributed by atoms with van der Waals surface area (Å²) in [5, 5.41) is 2.46. The summed E-state index contributed by atoms with van der Waals surface area (Å²) in [5.74, 6) is 3.59. The van der Waals surface area contributed by atoms with Crippen LogP contribution in [0.4, 0.5) is 0 Å². The van der Waals surface area contributed by atoms with E-state index in [2.05, 4.69) is 219 Å². The van der Waals surface area contributed by atoms with Crippen LogP contribution in [0.1, 0.15) is 47.2 Å².